The minimum atomic E-state index is -0.0505. The molecule has 0 radical (unpaired) electrons. The Balaban J connectivity index is 1.53. The SMILES string of the molecule is COc1ccccc1N1CCN([C@H](C)C(=O)NC2CCCC2)CC1. The summed E-state index contributed by atoms with van der Waals surface area (Å²) in [6.07, 6.45) is 4.77. The van der Waals surface area contributed by atoms with Gasteiger partial charge in [0.15, 0.2) is 0 Å². The van der Waals surface area contributed by atoms with Crippen LogP contribution in [0.3, 0.4) is 0 Å². The van der Waals surface area contributed by atoms with Crippen molar-refractivity contribution in [2.75, 3.05) is 38.2 Å². The van der Waals surface area contributed by atoms with Crippen LogP contribution in [-0.2, 0) is 4.79 Å². The molecule has 1 aromatic rings. The number of para-hydroxylation sites is 2. The highest BCUT2D eigenvalue weighted by Gasteiger charge is 2.28. The summed E-state index contributed by atoms with van der Waals surface area (Å²) < 4.78 is 5.47. The van der Waals surface area contributed by atoms with Crippen molar-refractivity contribution in [2.24, 2.45) is 0 Å². The maximum Gasteiger partial charge on any atom is 0.237 e. The second-order valence-corrected chi connectivity index (χ2v) is 6.86. The van der Waals surface area contributed by atoms with Gasteiger partial charge in [-0.05, 0) is 31.9 Å². The van der Waals surface area contributed by atoms with E-state index in [0.717, 1.165) is 50.5 Å². The van der Waals surface area contributed by atoms with Crippen molar-refractivity contribution < 1.29 is 9.53 Å². The third-order valence-electron chi connectivity index (χ3n) is 5.37. The number of anilines is 1. The lowest BCUT2D eigenvalue weighted by Gasteiger charge is -2.39. The molecule has 1 saturated carbocycles. The second-order valence-electron chi connectivity index (χ2n) is 6.86. The molecule has 1 aliphatic heterocycles. The first-order chi connectivity index (χ1) is 11.7. The summed E-state index contributed by atoms with van der Waals surface area (Å²) in [5.41, 5.74) is 1.14. The fraction of sp³-hybridized carbons (Fsp3) is 0.632. The number of nitrogens with zero attached hydrogens (tertiary/aromatic N) is 2. The van der Waals surface area contributed by atoms with Crippen molar-refractivity contribution in [3.05, 3.63) is 24.3 Å². The Kier molecular flexibility index (Phi) is 5.61. The predicted octanol–water partition coefficient (Wildman–Crippen LogP) is 2.26. The molecule has 1 N–H and O–H groups in total. The third kappa shape index (κ3) is 3.83. The number of hydrogen-bond acceptors (Lipinski definition) is 4. The smallest absolute Gasteiger partial charge is 0.237 e. The number of benzene rings is 1. The van der Waals surface area contributed by atoms with Gasteiger partial charge in [0, 0.05) is 32.2 Å². The topological polar surface area (TPSA) is 44.8 Å². The molecular weight excluding hydrogens is 302 g/mol. The van der Waals surface area contributed by atoms with Crippen LogP contribution in [-0.4, -0.2) is 56.2 Å². The standard InChI is InChI=1S/C19H29N3O2/c1-15(19(23)20-16-7-3-4-8-16)21-11-13-22(14-12-21)17-9-5-6-10-18(17)24-2/h5-6,9-10,15-16H,3-4,7-8,11-14H2,1-2H3,(H,20,23)/t15-/m1/s1. The molecule has 5 heteroatoms. The molecule has 1 saturated heterocycles. The summed E-state index contributed by atoms with van der Waals surface area (Å²) in [4.78, 5) is 17.1. The molecule has 1 aliphatic carbocycles. The number of methoxy groups -OCH3 is 1. The summed E-state index contributed by atoms with van der Waals surface area (Å²) in [5.74, 6) is 1.10. The third-order valence-corrected chi connectivity index (χ3v) is 5.37. The monoisotopic (exact) mass is 331 g/mol. The van der Waals surface area contributed by atoms with Crippen LogP contribution in [0.5, 0.6) is 5.75 Å². The molecule has 3 rings (SSSR count). The average molecular weight is 331 g/mol. The predicted molar refractivity (Wildman–Crippen MR) is 96.6 cm³/mol. The molecule has 1 atom stereocenters. The number of carbonyl (C=O) groups excluding carboxylic acids is 1. The van der Waals surface area contributed by atoms with Crippen molar-refractivity contribution in [2.45, 2.75) is 44.7 Å². The van der Waals surface area contributed by atoms with E-state index in [2.05, 4.69) is 21.2 Å². The lowest BCUT2D eigenvalue weighted by molar-refractivity contribution is -0.126. The number of amides is 1. The highest BCUT2D eigenvalue weighted by Crippen LogP contribution is 2.28. The summed E-state index contributed by atoms with van der Waals surface area (Å²) in [5, 5.41) is 3.22. The molecule has 2 aliphatic rings. The van der Waals surface area contributed by atoms with Gasteiger partial charge >= 0.3 is 0 Å². The van der Waals surface area contributed by atoms with Gasteiger partial charge in [-0.25, -0.2) is 0 Å². The largest absolute Gasteiger partial charge is 0.495 e. The van der Waals surface area contributed by atoms with Gasteiger partial charge < -0.3 is 15.0 Å². The van der Waals surface area contributed by atoms with E-state index in [1.54, 1.807) is 7.11 Å². The first-order valence-electron chi connectivity index (χ1n) is 9.11. The zero-order valence-corrected chi connectivity index (χ0v) is 14.8. The van der Waals surface area contributed by atoms with E-state index in [0.29, 0.717) is 6.04 Å². The van der Waals surface area contributed by atoms with Crippen molar-refractivity contribution in [1.82, 2.24) is 10.2 Å². The van der Waals surface area contributed by atoms with Crippen LogP contribution < -0.4 is 15.0 Å². The first-order valence-corrected chi connectivity index (χ1v) is 9.11. The molecule has 0 bridgehead atoms. The van der Waals surface area contributed by atoms with Crippen molar-refractivity contribution in [1.29, 1.82) is 0 Å². The highest BCUT2D eigenvalue weighted by molar-refractivity contribution is 5.81. The molecule has 2 fully saturated rings. The van der Waals surface area contributed by atoms with Gasteiger partial charge in [0.2, 0.25) is 5.91 Å². The number of ether oxygens (including phenoxy) is 1. The van der Waals surface area contributed by atoms with Gasteiger partial charge in [0.1, 0.15) is 5.75 Å². The van der Waals surface area contributed by atoms with Gasteiger partial charge in [-0.1, -0.05) is 25.0 Å². The summed E-state index contributed by atoms with van der Waals surface area (Å²) >= 11 is 0. The van der Waals surface area contributed by atoms with Crippen LogP contribution in [0.4, 0.5) is 5.69 Å². The quantitative estimate of drug-likeness (QED) is 0.899. The van der Waals surface area contributed by atoms with E-state index in [1.807, 2.05) is 25.1 Å². The molecule has 132 valence electrons. The van der Waals surface area contributed by atoms with E-state index >= 15 is 0 Å². The Morgan fingerprint density at radius 3 is 2.50 bits per heavy atom. The average Bonchev–Trinajstić information content (AvgIpc) is 3.14. The van der Waals surface area contributed by atoms with E-state index in [1.165, 1.54) is 12.8 Å². The number of hydrogen-bond donors (Lipinski definition) is 1. The first kappa shape index (κ1) is 17.1. The number of nitrogens with one attached hydrogen (secondary N) is 1. The number of rotatable bonds is 5. The van der Waals surface area contributed by atoms with Crippen molar-refractivity contribution in [3.63, 3.8) is 0 Å². The Bertz CT molecular complexity index is 549. The Hall–Kier alpha value is -1.75. The summed E-state index contributed by atoms with van der Waals surface area (Å²) in [6, 6.07) is 8.49. The Labute approximate surface area is 145 Å². The van der Waals surface area contributed by atoms with Crippen LogP contribution in [0.15, 0.2) is 24.3 Å². The van der Waals surface area contributed by atoms with Crippen LogP contribution >= 0.6 is 0 Å². The molecule has 5 nitrogen and oxygen atoms in total. The zero-order valence-electron chi connectivity index (χ0n) is 14.8. The Morgan fingerprint density at radius 1 is 1.17 bits per heavy atom. The number of carbonyl (C=O) groups is 1. The molecular formula is C19H29N3O2. The van der Waals surface area contributed by atoms with E-state index in [-0.39, 0.29) is 11.9 Å². The van der Waals surface area contributed by atoms with Gasteiger partial charge in [-0.3, -0.25) is 9.69 Å². The fourth-order valence-electron chi connectivity index (χ4n) is 3.80. The summed E-state index contributed by atoms with van der Waals surface area (Å²) in [7, 11) is 1.71. The van der Waals surface area contributed by atoms with Crippen molar-refractivity contribution in [3.8, 4) is 5.75 Å². The van der Waals surface area contributed by atoms with Gasteiger partial charge in [-0.15, -0.1) is 0 Å². The number of piperazine rings is 1. The second kappa shape index (κ2) is 7.88. The lowest BCUT2D eigenvalue weighted by atomic mass is 10.1. The van der Waals surface area contributed by atoms with Crippen LogP contribution in [0, 0.1) is 0 Å². The highest BCUT2D eigenvalue weighted by atomic mass is 16.5. The zero-order chi connectivity index (χ0) is 16.9. The molecule has 0 spiro atoms. The maximum absolute atomic E-state index is 12.5. The maximum atomic E-state index is 12.5. The minimum Gasteiger partial charge on any atom is -0.495 e. The van der Waals surface area contributed by atoms with E-state index in [9.17, 15) is 4.79 Å². The van der Waals surface area contributed by atoms with Crippen LogP contribution in [0.25, 0.3) is 0 Å². The van der Waals surface area contributed by atoms with Gasteiger partial charge in [0.05, 0.1) is 18.8 Å². The molecule has 0 unspecified atom stereocenters. The normalized spacial score (nSPS) is 20.8. The van der Waals surface area contributed by atoms with Crippen LogP contribution in [0.2, 0.25) is 0 Å². The van der Waals surface area contributed by atoms with Gasteiger partial charge in [0.25, 0.3) is 0 Å². The van der Waals surface area contributed by atoms with Gasteiger partial charge in [-0.2, -0.15) is 0 Å². The minimum absolute atomic E-state index is 0.0505. The molecule has 1 aromatic carbocycles. The molecule has 24 heavy (non-hydrogen) atoms. The molecule has 1 heterocycles. The van der Waals surface area contributed by atoms with Crippen LogP contribution in [0.1, 0.15) is 32.6 Å². The lowest BCUT2D eigenvalue weighted by Crippen LogP contribution is -2.54. The summed E-state index contributed by atoms with van der Waals surface area (Å²) in [6.45, 7) is 5.67. The molecule has 0 aromatic heterocycles. The fourth-order valence-corrected chi connectivity index (χ4v) is 3.80. The Morgan fingerprint density at radius 2 is 1.83 bits per heavy atom. The van der Waals surface area contributed by atoms with E-state index < -0.39 is 0 Å². The molecule has 1 amide bonds. The van der Waals surface area contributed by atoms with E-state index in [4.69, 9.17) is 4.74 Å². The van der Waals surface area contributed by atoms with Crippen molar-refractivity contribution >= 4 is 11.6 Å².